The van der Waals surface area contributed by atoms with E-state index in [1.165, 1.54) is 18.2 Å². The van der Waals surface area contributed by atoms with Gasteiger partial charge in [-0.1, -0.05) is 25.5 Å². The lowest BCUT2D eigenvalue weighted by atomic mass is 10.0. The molecule has 0 aliphatic carbocycles. The summed E-state index contributed by atoms with van der Waals surface area (Å²) >= 11 is 0. The molecule has 0 N–H and O–H groups in total. The van der Waals surface area contributed by atoms with Crippen LogP contribution in [0.2, 0.25) is 0 Å². The SMILES string of the molecule is CCCCc1ccc2c(c1)C(=O)N(c1cccc(S(=O)(=O)CC(=O)[O-])c1)C2=O. The molecular formula is C20H18NO6S-. The number of fused-ring (bicyclic) bond motifs is 1. The van der Waals surface area contributed by atoms with Gasteiger partial charge in [-0.2, -0.15) is 0 Å². The summed E-state index contributed by atoms with van der Waals surface area (Å²) in [7, 11) is -4.14. The maximum atomic E-state index is 12.8. The second-order valence-corrected chi connectivity index (χ2v) is 8.55. The van der Waals surface area contributed by atoms with Crippen molar-refractivity contribution < 1.29 is 27.9 Å². The number of carboxylic acid groups (broad SMARTS) is 1. The van der Waals surface area contributed by atoms with E-state index in [0.717, 1.165) is 35.8 Å². The molecule has 1 aliphatic rings. The Morgan fingerprint density at radius 2 is 1.75 bits per heavy atom. The first-order chi connectivity index (χ1) is 13.2. The van der Waals surface area contributed by atoms with Crippen molar-refractivity contribution in [2.75, 3.05) is 10.7 Å². The monoisotopic (exact) mass is 400 g/mol. The third-order valence-electron chi connectivity index (χ3n) is 4.51. The van der Waals surface area contributed by atoms with Crippen LogP contribution in [0.25, 0.3) is 0 Å². The maximum absolute atomic E-state index is 12.8. The molecule has 0 radical (unpaired) electrons. The van der Waals surface area contributed by atoms with E-state index in [4.69, 9.17) is 0 Å². The molecule has 0 atom stereocenters. The molecule has 1 heterocycles. The van der Waals surface area contributed by atoms with Crippen LogP contribution in [0.3, 0.4) is 0 Å². The molecule has 1 aliphatic heterocycles. The number of hydrogen-bond donors (Lipinski definition) is 0. The van der Waals surface area contributed by atoms with Gasteiger partial charge in [0.1, 0.15) is 0 Å². The molecule has 0 spiro atoms. The Bertz CT molecular complexity index is 1070. The topological polar surface area (TPSA) is 112 Å². The maximum Gasteiger partial charge on any atom is 0.266 e. The first-order valence-corrected chi connectivity index (χ1v) is 10.4. The van der Waals surface area contributed by atoms with Gasteiger partial charge in [0.05, 0.1) is 33.4 Å². The standard InChI is InChI=1S/C20H19NO6S/c1-2-3-5-13-8-9-16-17(10-13)20(25)21(19(16)24)14-6-4-7-15(11-14)28(26,27)12-18(22)23/h4,6-11H,2-3,5,12H2,1H3,(H,22,23)/p-1. The minimum absolute atomic E-state index is 0.0701. The van der Waals surface area contributed by atoms with E-state index >= 15 is 0 Å². The summed E-state index contributed by atoms with van der Waals surface area (Å²) in [5, 5.41) is 10.7. The number of carbonyl (C=O) groups excluding carboxylic acids is 3. The highest BCUT2D eigenvalue weighted by atomic mass is 32.2. The number of unbranched alkanes of at least 4 members (excludes halogenated alkanes) is 1. The van der Waals surface area contributed by atoms with Crippen molar-refractivity contribution in [3.8, 4) is 0 Å². The van der Waals surface area contributed by atoms with Crippen LogP contribution in [-0.2, 0) is 21.1 Å². The van der Waals surface area contributed by atoms with Crippen LogP contribution in [0.15, 0.2) is 47.4 Å². The van der Waals surface area contributed by atoms with Crippen molar-refractivity contribution in [3.63, 3.8) is 0 Å². The Labute approximate surface area is 162 Å². The number of amides is 2. The van der Waals surface area contributed by atoms with Crippen molar-refractivity contribution in [2.45, 2.75) is 31.1 Å². The zero-order chi connectivity index (χ0) is 20.5. The predicted octanol–water partition coefficient (Wildman–Crippen LogP) is 1.35. The molecular weight excluding hydrogens is 382 g/mol. The molecule has 2 amide bonds. The van der Waals surface area contributed by atoms with Gasteiger partial charge in [-0.25, -0.2) is 13.3 Å². The first kappa shape index (κ1) is 19.8. The smallest absolute Gasteiger partial charge is 0.266 e. The fourth-order valence-corrected chi connectivity index (χ4v) is 4.18. The van der Waals surface area contributed by atoms with Gasteiger partial charge < -0.3 is 9.90 Å². The van der Waals surface area contributed by atoms with E-state index in [1.807, 2.05) is 6.07 Å². The second-order valence-electron chi connectivity index (χ2n) is 6.56. The Hall–Kier alpha value is -3.00. The van der Waals surface area contributed by atoms with Crippen molar-refractivity contribution >= 4 is 33.3 Å². The van der Waals surface area contributed by atoms with Gasteiger partial charge >= 0.3 is 0 Å². The van der Waals surface area contributed by atoms with Gasteiger partial charge in [-0.15, -0.1) is 0 Å². The predicted molar refractivity (Wildman–Crippen MR) is 99.7 cm³/mol. The average molecular weight is 400 g/mol. The van der Waals surface area contributed by atoms with E-state index in [1.54, 1.807) is 12.1 Å². The number of nitrogens with zero attached hydrogens (tertiary/aromatic N) is 1. The zero-order valence-electron chi connectivity index (χ0n) is 15.2. The summed E-state index contributed by atoms with van der Waals surface area (Å²) in [6.07, 6.45) is 2.76. The molecule has 0 fully saturated rings. The van der Waals surface area contributed by atoms with Crippen LogP contribution in [0.5, 0.6) is 0 Å². The van der Waals surface area contributed by atoms with Crippen LogP contribution in [0.4, 0.5) is 5.69 Å². The number of carbonyl (C=O) groups is 3. The number of imide groups is 1. The molecule has 0 bridgehead atoms. The van der Waals surface area contributed by atoms with Gasteiger partial charge in [0.25, 0.3) is 11.8 Å². The summed E-state index contributed by atoms with van der Waals surface area (Å²) in [4.78, 5) is 36.8. The minimum atomic E-state index is -4.14. The summed E-state index contributed by atoms with van der Waals surface area (Å²) in [5.41, 5.74) is 1.56. The molecule has 0 unspecified atom stereocenters. The molecule has 0 saturated heterocycles. The summed E-state index contributed by atoms with van der Waals surface area (Å²) < 4.78 is 24.3. The van der Waals surface area contributed by atoms with Gasteiger partial charge in [0.15, 0.2) is 9.84 Å². The highest BCUT2D eigenvalue weighted by Gasteiger charge is 2.37. The van der Waals surface area contributed by atoms with Crippen LogP contribution in [0.1, 0.15) is 46.0 Å². The fraction of sp³-hybridized carbons (Fsp3) is 0.250. The number of benzene rings is 2. The third kappa shape index (κ3) is 3.68. The normalized spacial score (nSPS) is 13.7. The molecule has 0 aromatic heterocycles. The number of carboxylic acids is 1. The Morgan fingerprint density at radius 1 is 1.04 bits per heavy atom. The molecule has 3 rings (SSSR count). The number of aliphatic carboxylic acids is 1. The molecule has 2 aromatic carbocycles. The third-order valence-corrected chi connectivity index (χ3v) is 6.10. The largest absolute Gasteiger partial charge is 0.549 e. The highest BCUT2D eigenvalue weighted by molar-refractivity contribution is 7.92. The average Bonchev–Trinajstić information content (AvgIpc) is 2.89. The molecule has 28 heavy (non-hydrogen) atoms. The van der Waals surface area contributed by atoms with Crippen LogP contribution >= 0.6 is 0 Å². The van der Waals surface area contributed by atoms with Crippen molar-refractivity contribution in [3.05, 3.63) is 59.2 Å². The number of anilines is 1. The van der Waals surface area contributed by atoms with Gasteiger partial charge in [-0.3, -0.25) is 9.59 Å². The van der Waals surface area contributed by atoms with E-state index in [9.17, 15) is 27.9 Å². The van der Waals surface area contributed by atoms with Gasteiger partial charge in [0, 0.05) is 0 Å². The number of rotatable bonds is 7. The lowest BCUT2D eigenvalue weighted by Crippen LogP contribution is -2.31. The van der Waals surface area contributed by atoms with Crippen LogP contribution in [0, 0.1) is 0 Å². The van der Waals surface area contributed by atoms with E-state index in [0.29, 0.717) is 0 Å². The summed E-state index contributed by atoms with van der Waals surface area (Å²) in [6.45, 7) is 2.06. The molecule has 8 heteroatoms. The van der Waals surface area contributed by atoms with Gasteiger partial charge in [-0.05, 0) is 48.7 Å². The zero-order valence-corrected chi connectivity index (χ0v) is 16.0. The quantitative estimate of drug-likeness (QED) is 0.649. The second kappa shape index (κ2) is 7.55. The van der Waals surface area contributed by atoms with Gasteiger partial charge in [0.2, 0.25) is 0 Å². The van der Waals surface area contributed by atoms with Crippen LogP contribution in [-0.4, -0.2) is 32.0 Å². The Balaban J connectivity index is 1.97. The first-order valence-electron chi connectivity index (χ1n) is 8.79. The van der Waals surface area contributed by atoms with Crippen molar-refractivity contribution in [2.24, 2.45) is 0 Å². The van der Waals surface area contributed by atoms with Crippen molar-refractivity contribution in [1.29, 1.82) is 0 Å². The molecule has 146 valence electrons. The number of aryl methyl sites for hydroxylation is 1. The lowest BCUT2D eigenvalue weighted by Gasteiger charge is -2.15. The van der Waals surface area contributed by atoms with Crippen molar-refractivity contribution in [1.82, 2.24) is 0 Å². The van der Waals surface area contributed by atoms with Crippen LogP contribution < -0.4 is 10.0 Å². The van der Waals surface area contributed by atoms with E-state index in [2.05, 4.69) is 6.92 Å². The number of hydrogen-bond acceptors (Lipinski definition) is 6. The summed E-state index contributed by atoms with van der Waals surface area (Å²) in [5.74, 6) is -3.99. The van der Waals surface area contributed by atoms with E-state index < -0.39 is 33.4 Å². The molecule has 0 saturated carbocycles. The fourth-order valence-electron chi connectivity index (χ4n) is 3.11. The molecule has 2 aromatic rings. The molecule has 7 nitrogen and oxygen atoms in total. The summed E-state index contributed by atoms with van der Waals surface area (Å²) in [6, 6.07) is 10.2. The van der Waals surface area contributed by atoms with E-state index in [-0.39, 0.29) is 21.7 Å². The highest BCUT2D eigenvalue weighted by Crippen LogP contribution is 2.30. The lowest BCUT2D eigenvalue weighted by molar-refractivity contribution is -0.301. The number of sulfone groups is 1. The Morgan fingerprint density at radius 3 is 2.43 bits per heavy atom. The minimum Gasteiger partial charge on any atom is -0.549 e. The Kier molecular flexibility index (Phi) is 5.33.